The number of hydrogen-bond donors (Lipinski definition) is 2. The van der Waals surface area contributed by atoms with Gasteiger partial charge in [0.15, 0.2) is 0 Å². The number of anilines is 3. The van der Waals surface area contributed by atoms with Gasteiger partial charge in [0, 0.05) is 22.6 Å². The van der Waals surface area contributed by atoms with E-state index in [0.717, 1.165) is 63.4 Å². The Morgan fingerprint density at radius 2 is 1.46 bits per heavy atom. The van der Waals surface area contributed by atoms with E-state index < -0.39 is 11.7 Å². The minimum Gasteiger partial charge on any atom is -0.339 e. The summed E-state index contributed by atoms with van der Waals surface area (Å²) in [4.78, 5) is 10.0. The highest BCUT2D eigenvalue weighted by atomic mass is 19.4. The van der Waals surface area contributed by atoms with Gasteiger partial charge in [-0.3, -0.25) is 4.57 Å². The van der Waals surface area contributed by atoms with Gasteiger partial charge >= 0.3 is 6.18 Å². The molecule has 1 aliphatic rings. The van der Waals surface area contributed by atoms with Gasteiger partial charge in [-0.15, -0.1) is 0 Å². The van der Waals surface area contributed by atoms with Crippen molar-refractivity contribution < 1.29 is 13.2 Å². The van der Waals surface area contributed by atoms with E-state index in [1.807, 2.05) is 60.7 Å². The quantitative estimate of drug-likeness (QED) is 0.166. The first-order chi connectivity index (χ1) is 25.3. The van der Waals surface area contributed by atoms with E-state index >= 15 is 0 Å². The summed E-state index contributed by atoms with van der Waals surface area (Å²) in [6.07, 6.45) is 5.78. The highest BCUT2D eigenvalue weighted by Gasteiger charge is 2.31. The number of halogens is 3. The lowest BCUT2D eigenvalue weighted by Crippen LogP contribution is -2.18. The molecule has 0 saturated carbocycles. The topological polar surface area (TPSA) is 59.2 Å². The molecule has 0 amide bonds. The zero-order valence-electron chi connectivity index (χ0n) is 28.8. The molecular weight excluding hydrogens is 658 g/mol. The molecule has 2 N–H and O–H groups in total. The van der Waals surface area contributed by atoms with Gasteiger partial charge in [0.2, 0.25) is 0 Å². The number of nitrogens with zero attached hydrogens (tertiary/aromatic N) is 4. The minimum atomic E-state index is -4.53. The van der Waals surface area contributed by atoms with E-state index in [9.17, 15) is 13.2 Å². The van der Waals surface area contributed by atoms with Crippen LogP contribution in [0.5, 0.6) is 0 Å². The highest BCUT2D eigenvalue weighted by molar-refractivity contribution is 6.09. The summed E-state index contributed by atoms with van der Waals surface area (Å²) in [6, 6.07) is 33.9. The van der Waals surface area contributed by atoms with Gasteiger partial charge in [0.1, 0.15) is 23.6 Å². The largest absolute Gasteiger partial charge is 0.416 e. The van der Waals surface area contributed by atoms with Crippen LogP contribution in [0.25, 0.3) is 44.6 Å². The molecule has 0 spiro atoms. The number of pyridine rings is 1. The van der Waals surface area contributed by atoms with Gasteiger partial charge in [-0.25, -0.2) is 9.98 Å². The van der Waals surface area contributed by atoms with Crippen molar-refractivity contribution in [2.24, 2.45) is 4.99 Å². The Bertz CT molecular complexity index is 2480. The van der Waals surface area contributed by atoms with E-state index in [0.29, 0.717) is 29.6 Å². The van der Waals surface area contributed by atoms with Crippen LogP contribution in [0.3, 0.4) is 0 Å². The second-order valence-electron chi connectivity index (χ2n) is 12.8. The average Bonchev–Trinajstić information content (AvgIpc) is 3.67. The molecule has 9 heteroatoms. The number of amidine groups is 1. The van der Waals surface area contributed by atoms with Crippen molar-refractivity contribution in [3.63, 3.8) is 0 Å². The Labute approximate surface area is 299 Å². The number of fused-ring (bicyclic) bond motifs is 4. The molecule has 7 aromatic rings. The lowest BCUT2D eigenvalue weighted by atomic mass is 10.1. The maximum Gasteiger partial charge on any atom is 0.416 e. The van der Waals surface area contributed by atoms with Gasteiger partial charge in [-0.2, -0.15) is 13.2 Å². The van der Waals surface area contributed by atoms with Crippen LogP contribution in [0.2, 0.25) is 0 Å². The first-order valence-corrected chi connectivity index (χ1v) is 17.6. The first kappa shape index (κ1) is 33.1. The summed E-state index contributed by atoms with van der Waals surface area (Å²) in [5.41, 5.74) is 5.32. The van der Waals surface area contributed by atoms with Crippen LogP contribution in [-0.2, 0) is 12.6 Å². The fourth-order valence-corrected chi connectivity index (χ4v) is 7.24. The van der Waals surface area contributed by atoms with E-state index in [-0.39, 0.29) is 11.9 Å². The molecule has 1 aliphatic heterocycles. The number of nitrogens with one attached hydrogen (secondary N) is 2. The second-order valence-corrected chi connectivity index (χ2v) is 12.8. The van der Waals surface area contributed by atoms with Gasteiger partial charge in [-0.1, -0.05) is 86.7 Å². The molecule has 0 bridgehead atoms. The predicted octanol–water partition coefficient (Wildman–Crippen LogP) is 11.9. The molecule has 0 saturated heterocycles. The smallest absolute Gasteiger partial charge is 0.339 e. The van der Waals surface area contributed by atoms with Crippen LogP contribution >= 0.6 is 0 Å². The molecule has 4 aromatic carbocycles. The number of aliphatic imine (C=N–C) groups is 1. The Hall–Kier alpha value is -6.09. The molecule has 52 heavy (non-hydrogen) atoms. The van der Waals surface area contributed by atoms with Crippen LogP contribution in [0, 0.1) is 0 Å². The van der Waals surface area contributed by atoms with Crippen LogP contribution in [0.4, 0.5) is 30.4 Å². The van der Waals surface area contributed by atoms with Crippen LogP contribution < -0.4 is 10.6 Å². The van der Waals surface area contributed by atoms with E-state index in [1.54, 1.807) is 6.07 Å². The molecule has 4 heterocycles. The summed E-state index contributed by atoms with van der Waals surface area (Å²) < 4.78 is 46.5. The third-order valence-electron chi connectivity index (χ3n) is 9.55. The van der Waals surface area contributed by atoms with Crippen molar-refractivity contribution in [2.45, 2.75) is 45.5 Å². The van der Waals surface area contributed by atoms with Crippen LogP contribution in [0.15, 0.2) is 132 Å². The number of alkyl halides is 3. The molecule has 6 nitrogen and oxygen atoms in total. The maximum absolute atomic E-state index is 14.1. The van der Waals surface area contributed by atoms with Crippen molar-refractivity contribution in [3.05, 3.63) is 144 Å². The summed E-state index contributed by atoms with van der Waals surface area (Å²) in [5.74, 6) is 1.61. The Morgan fingerprint density at radius 3 is 2.15 bits per heavy atom. The zero-order chi connectivity index (χ0) is 35.8. The first-order valence-electron chi connectivity index (χ1n) is 17.6. The van der Waals surface area contributed by atoms with Crippen LogP contribution in [-0.4, -0.2) is 20.0 Å². The molecule has 260 valence electrons. The molecule has 0 fully saturated rings. The minimum absolute atomic E-state index is 0.229. The summed E-state index contributed by atoms with van der Waals surface area (Å²) in [5, 5.41) is 9.98. The average molecular weight is 695 g/mol. The number of allylic oxidation sites excluding steroid dienone is 1. The molecule has 1 atom stereocenters. The Kier molecular flexibility index (Phi) is 8.63. The van der Waals surface area contributed by atoms with Crippen molar-refractivity contribution in [3.8, 4) is 5.82 Å². The number of dihydropyridines is 1. The van der Waals surface area contributed by atoms with Crippen LogP contribution in [0.1, 0.15) is 49.7 Å². The van der Waals surface area contributed by atoms with Crippen molar-refractivity contribution >= 4 is 61.8 Å². The maximum atomic E-state index is 14.1. The van der Waals surface area contributed by atoms with Gasteiger partial charge in [0.25, 0.3) is 0 Å². The third kappa shape index (κ3) is 6.02. The molecule has 1 unspecified atom stereocenters. The Balaban J connectivity index is 1.17. The summed E-state index contributed by atoms with van der Waals surface area (Å²) in [7, 11) is 0. The van der Waals surface area contributed by atoms with E-state index in [4.69, 9.17) is 9.98 Å². The van der Waals surface area contributed by atoms with Crippen molar-refractivity contribution in [1.29, 1.82) is 0 Å². The van der Waals surface area contributed by atoms with Gasteiger partial charge in [-0.05, 0) is 79.1 Å². The molecular formula is C43H37F3N6. The number of rotatable bonds is 8. The molecule has 0 aliphatic carbocycles. The van der Waals surface area contributed by atoms with Crippen molar-refractivity contribution in [2.75, 3.05) is 10.6 Å². The fraction of sp³-hybridized carbons (Fsp3) is 0.163. The van der Waals surface area contributed by atoms with E-state index in [1.165, 1.54) is 11.6 Å². The van der Waals surface area contributed by atoms with Gasteiger partial charge < -0.3 is 15.2 Å². The third-order valence-corrected chi connectivity index (χ3v) is 9.55. The zero-order valence-corrected chi connectivity index (χ0v) is 28.8. The van der Waals surface area contributed by atoms with Crippen molar-refractivity contribution in [1.82, 2.24) is 14.1 Å². The number of para-hydroxylation sites is 3. The molecule has 0 radical (unpaired) electrons. The summed E-state index contributed by atoms with van der Waals surface area (Å²) >= 11 is 0. The Morgan fingerprint density at radius 1 is 0.769 bits per heavy atom. The summed E-state index contributed by atoms with van der Waals surface area (Å²) in [6.45, 7) is 4.23. The number of hydrogen-bond acceptors (Lipinski definition) is 4. The predicted molar refractivity (Wildman–Crippen MR) is 208 cm³/mol. The van der Waals surface area contributed by atoms with Gasteiger partial charge in [0.05, 0.1) is 39.2 Å². The lowest BCUT2D eigenvalue weighted by molar-refractivity contribution is -0.137. The normalized spacial score (nSPS) is 14.9. The standard InChI is InChI=1S/C43H37F3N6/c1-3-5-17-35-29(4-2)30-14-6-9-18-36(30)51(35)41-23-13-22-40(50-41)48-34-27-28(43(44,45)46)25-26-33(34)47-39-21-12-24-42(49-39)52-37-19-10-7-15-31(37)32-16-8-11-20-38(32)52/h5-23,25-27,42H,3-4,24H2,1-2H3,(H,47,49)(H,48,50)/b17-5-. The highest BCUT2D eigenvalue weighted by Crippen LogP contribution is 2.38. The SMILES string of the molecule is CC/C=C\c1c(CC)c2ccccc2n1-c1cccc(Nc2cc(C(F)(F)F)ccc2NC2=NC(n3c4ccccc4c4ccccc43)CC=C2)n1. The lowest BCUT2D eigenvalue weighted by Gasteiger charge is -2.22. The molecule has 3 aromatic heterocycles. The number of aryl methyl sites for hydroxylation is 1. The number of aromatic nitrogens is 3. The fourth-order valence-electron chi connectivity index (χ4n) is 7.24. The molecule has 8 rings (SSSR count). The van der Waals surface area contributed by atoms with E-state index in [2.05, 4.69) is 82.2 Å². The number of benzene rings is 4. The second kappa shape index (κ2) is 13.6. The monoisotopic (exact) mass is 694 g/mol.